The second-order valence-corrected chi connectivity index (χ2v) is 18.6. The third kappa shape index (κ3) is 10.5. The number of anilines is 5. The molecule has 4 heterocycles. The Kier molecular flexibility index (Phi) is 14.4. The highest BCUT2D eigenvalue weighted by Gasteiger charge is 2.42. The number of ether oxygens (including phenoxy) is 4. The number of amides is 6. The van der Waals surface area contributed by atoms with E-state index in [0.29, 0.717) is 76.6 Å². The number of carbonyl (C=O) groups is 6. The van der Waals surface area contributed by atoms with E-state index in [-0.39, 0.29) is 61.3 Å². The second kappa shape index (κ2) is 21.2. The SMILES string of the molecule is COc1cc2c(cc1OCc1cc(COc3cc4c(cc3OC)C(=O)N3c5ccccc5C[C@H]3C(O)N4)cc(NC(=O)[C@H](C)NC(=O)[C@@H](C)NC(=O)CCCCC(N)=O)c1)NC[C@@H]1Cc3ccccc3N1C2=O. The van der Waals surface area contributed by atoms with Crippen LogP contribution in [0.2, 0.25) is 0 Å². The molecular formula is C54H58N8O11. The summed E-state index contributed by atoms with van der Waals surface area (Å²) < 4.78 is 24.3. The van der Waals surface area contributed by atoms with Gasteiger partial charge < -0.3 is 66.2 Å². The molecule has 5 aromatic carbocycles. The Balaban J connectivity index is 0.944. The van der Waals surface area contributed by atoms with Crippen molar-refractivity contribution in [2.24, 2.45) is 5.73 Å². The van der Waals surface area contributed by atoms with E-state index in [0.717, 1.165) is 28.9 Å². The minimum absolute atomic E-state index is 0.0269. The lowest BCUT2D eigenvalue weighted by Gasteiger charge is -2.26. The predicted molar refractivity (Wildman–Crippen MR) is 272 cm³/mol. The zero-order chi connectivity index (χ0) is 51.5. The molecule has 19 nitrogen and oxygen atoms in total. The number of rotatable bonds is 18. The summed E-state index contributed by atoms with van der Waals surface area (Å²) in [5.74, 6) is -1.18. The Labute approximate surface area is 421 Å². The molecule has 6 amide bonds. The molecule has 0 spiro atoms. The summed E-state index contributed by atoms with van der Waals surface area (Å²) in [6.07, 6.45) is 1.23. The molecule has 8 N–H and O–H groups in total. The van der Waals surface area contributed by atoms with Crippen LogP contribution in [0, 0.1) is 0 Å². The summed E-state index contributed by atoms with van der Waals surface area (Å²) in [7, 11) is 2.96. The highest BCUT2D eigenvalue weighted by atomic mass is 16.5. The van der Waals surface area contributed by atoms with Crippen molar-refractivity contribution in [3.8, 4) is 23.0 Å². The summed E-state index contributed by atoms with van der Waals surface area (Å²) in [4.78, 5) is 82.0. The van der Waals surface area contributed by atoms with Gasteiger partial charge in [-0.2, -0.15) is 0 Å². The van der Waals surface area contributed by atoms with Crippen LogP contribution >= 0.6 is 0 Å². The molecule has 0 aromatic heterocycles. The molecule has 5 atom stereocenters. The van der Waals surface area contributed by atoms with E-state index in [4.69, 9.17) is 24.7 Å². The number of aliphatic hydroxyl groups is 1. The van der Waals surface area contributed by atoms with Crippen molar-refractivity contribution in [2.45, 2.75) is 96.0 Å². The van der Waals surface area contributed by atoms with Gasteiger partial charge in [-0.1, -0.05) is 36.4 Å². The number of para-hydroxylation sites is 2. The Bertz CT molecular complexity index is 3000. The molecular weight excluding hydrogens is 937 g/mol. The van der Waals surface area contributed by atoms with Crippen LogP contribution < -0.4 is 61.1 Å². The van der Waals surface area contributed by atoms with Crippen LogP contribution in [-0.2, 0) is 45.2 Å². The number of aliphatic hydroxyl groups excluding tert-OH is 1. The molecule has 73 heavy (non-hydrogen) atoms. The Hall–Kier alpha value is -8.32. The van der Waals surface area contributed by atoms with E-state index in [1.807, 2.05) is 59.5 Å². The van der Waals surface area contributed by atoms with Crippen molar-refractivity contribution < 1.29 is 52.8 Å². The van der Waals surface area contributed by atoms with Crippen LogP contribution in [-0.4, -0.2) is 91.7 Å². The van der Waals surface area contributed by atoms with Crippen LogP contribution in [0.1, 0.15) is 82.5 Å². The van der Waals surface area contributed by atoms with Crippen molar-refractivity contribution >= 4 is 63.9 Å². The monoisotopic (exact) mass is 994 g/mol. The fraction of sp³-hybridized carbons (Fsp3) is 0.333. The minimum Gasteiger partial charge on any atom is -0.493 e. The normalized spacial score (nSPS) is 17.8. The number of fused-ring (bicyclic) bond motifs is 8. The van der Waals surface area contributed by atoms with E-state index in [9.17, 15) is 33.9 Å². The van der Waals surface area contributed by atoms with Gasteiger partial charge in [0.05, 0.1) is 48.8 Å². The maximum Gasteiger partial charge on any atom is 0.260 e. The molecule has 1 unspecified atom stereocenters. The number of hydrogen-bond donors (Lipinski definition) is 7. The van der Waals surface area contributed by atoms with E-state index in [1.165, 1.54) is 28.1 Å². The summed E-state index contributed by atoms with van der Waals surface area (Å²) >= 11 is 0. The van der Waals surface area contributed by atoms with Gasteiger partial charge in [0.2, 0.25) is 23.6 Å². The van der Waals surface area contributed by atoms with Gasteiger partial charge in [0.25, 0.3) is 11.8 Å². The van der Waals surface area contributed by atoms with Crippen molar-refractivity contribution in [1.82, 2.24) is 10.6 Å². The molecule has 380 valence electrons. The highest BCUT2D eigenvalue weighted by molar-refractivity contribution is 6.13. The third-order valence-electron chi connectivity index (χ3n) is 13.5. The van der Waals surface area contributed by atoms with E-state index in [2.05, 4.69) is 26.6 Å². The second-order valence-electron chi connectivity index (χ2n) is 18.6. The molecule has 4 aliphatic rings. The number of nitrogens with one attached hydrogen (secondary N) is 5. The first-order valence-corrected chi connectivity index (χ1v) is 24.2. The van der Waals surface area contributed by atoms with Gasteiger partial charge in [0.15, 0.2) is 23.0 Å². The number of nitrogens with two attached hydrogens (primary N) is 1. The molecule has 0 saturated carbocycles. The zero-order valence-electron chi connectivity index (χ0n) is 40.9. The van der Waals surface area contributed by atoms with Gasteiger partial charge in [-0.3, -0.25) is 28.8 Å². The Morgan fingerprint density at radius 1 is 0.699 bits per heavy atom. The lowest BCUT2D eigenvalue weighted by molar-refractivity contribution is -0.130. The average molecular weight is 995 g/mol. The van der Waals surface area contributed by atoms with Crippen molar-refractivity contribution in [1.29, 1.82) is 0 Å². The van der Waals surface area contributed by atoms with Crippen LogP contribution in [0.25, 0.3) is 0 Å². The van der Waals surface area contributed by atoms with Crippen LogP contribution in [0.5, 0.6) is 23.0 Å². The van der Waals surface area contributed by atoms with Gasteiger partial charge in [0.1, 0.15) is 31.5 Å². The number of primary amides is 1. The fourth-order valence-electron chi connectivity index (χ4n) is 9.79. The third-order valence-corrected chi connectivity index (χ3v) is 13.5. The summed E-state index contributed by atoms with van der Waals surface area (Å²) in [5.41, 5.74) is 12.1. The molecule has 9 rings (SSSR count). The average Bonchev–Trinajstić information content (AvgIpc) is 3.90. The number of nitrogens with zero attached hydrogens (tertiary/aromatic N) is 2. The van der Waals surface area contributed by atoms with Gasteiger partial charge >= 0.3 is 0 Å². The molecule has 0 radical (unpaired) electrons. The topological polar surface area (TPSA) is 252 Å². The van der Waals surface area contributed by atoms with Gasteiger partial charge in [-0.05, 0) is 104 Å². The van der Waals surface area contributed by atoms with Crippen LogP contribution in [0.3, 0.4) is 0 Å². The highest BCUT2D eigenvalue weighted by Crippen LogP contribution is 2.43. The molecule has 0 fully saturated rings. The van der Waals surface area contributed by atoms with E-state index >= 15 is 0 Å². The molecule has 0 bridgehead atoms. The zero-order valence-corrected chi connectivity index (χ0v) is 40.9. The number of carbonyl (C=O) groups excluding carboxylic acids is 6. The maximum absolute atomic E-state index is 14.1. The number of methoxy groups -OCH3 is 2. The van der Waals surface area contributed by atoms with Crippen LogP contribution in [0.4, 0.5) is 28.4 Å². The minimum atomic E-state index is -1.09. The Morgan fingerprint density at radius 3 is 1.90 bits per heavy atom. The summed E-state index contributed by atoms with van der Waals surface area (Å²) in [6, 6.07) is 24.7. The first-order chi connectivity index (χ1) is 35.2. The molecule has 0 saturated heterocycles. The molecule has 5 aromatic rings. The van der Waals surface area contributed by atoms with Crippen LogP contribution in [0.15, 0.2) is 91.0 Å². The van der Waals surface area contributed by atoms with Crippen molar-refractivity contribution in [3.63, 3.8) is 0 Å². The standard InChI is InChI=1S/C54H58N8O11/c1-29(57-49(64)16-10-9-15-48(55)63)50(65)58-30(2)51(66)59-35-18-31(27-72-46-24-39-37(22-44(46)70-3)53(68)61-36(26-56-39)20-33-11-5-7-13-41(33)61)17-32(19-35)28-73-47-25-40-38(23-45(47)71-4)54(69)62-42-14-8-6-12-34(42)21-43(62)52(67)60-40/h5-8,11-14,17-19,22-25,29-30,36,43,52,56,60,67H,9-10,15-16,20-21,26-28H2,1-4H3,(H2,55,63)(H,57,64)(H,58,65)(H,59,66)/t29-,30+,36+,43+,52?/m1/s1. The molecule has 19 heteroatoms. The van der Waals surface area contributed by atoms with Gasteiger partial charge in [-0.25, -0.2) is 0 Å². The van der Waals surface area contributed by atoms with E-state index < -0.39 is 42.1 Å². The fourth-order valence-corrected chi connectivity index (χ4v) is 9.79. The summed E-state index contributed by atoms with van der Waals surface area (Å²) in [6.45, 7) is 3.44. The van der Waals surface area contributed by atoms with E-state index in [1.54, 1.807) is 41.3 Å². The molecule has 4 aliphatic heterocycles. The first kappa shape index (κ1) is 49.7. The summed E-state index contributed by atoms with van der Waals surface area (Å²) in [5, 5.41) is 26.1. The number of hydrogen-bond acceptors (Lipinski definition) is 13. The predicted octanol–water partition coefficient (Wildman–Crippen LogP) is 5.17. The first-order valence-electron chi connectivity index (χ1n) is 24.2. The van der Waals surface area contributed by atoms with Crippen molar-refractivity contribution in [3.05, 3.63) is 124 Å². The number of benzene rings is 5. The largest absolute Gasteiger partial charge is 0.493 e. The molecule has 0 aliphatic carbocycles. The lowest BCUT2D eigenvalue weighted by Crippen LogP contribution is -2.50. The van der Waals surface area contributed by atoms with Gasteiger partial charge in [-0.15, -0.1) is 0 Å². The smallest absolute Gasteiger partial charge is 0.260 e. The quantitative estimate of drug-likeness (QED) is 0.0561. The number of unbranched alkanes of at least 4 members (excludes halogenated alkanes) is 1. The Morgan fingerprint density at radius 2 is 1.26 bits per heavy atom. The van der Waals surface area contributed by atoms with Crippen molar-refractivity contribution in [2.75, 3.05) is 46.5 Å². The lowest BCUT2D eigenvalue weighted by atomic mass is 10.1. The van der Waals surface area contributed by atoms with Gasteiger partial charge in [0, 0.05) is 48.6 Å². The maximum atomic E-state index is 14.1.